The second-order valence-electron chi connectivity index (χ2n) is 4.13. The minimum atomic E-state index is 0.0428. The van der Waals surface area contributed by atoms with Gasteiger partial charge in [0.1, 0.15) is 0 Å². The smallest absolute Gasteiger partial charge is 0.251 e. The van der Waals surface area contributed by atoms with Crippen molar-refractivity contribution in [2.24, 2.45) is 5.73 Å². The molecule has 0 unspecified atom stereocenters. The Bertz CT molecular complexity index is 404. The van der Waals surface area contributed by atoms with E-state index < -0.39 is 0 Å². The average Bonchev–Trinajstić information content (AvgIpc) is 2.72. The monoisotopic (exact) mass is 234 g/mol. The Balaban J connectivity index is 1.91. The standard InChI is InChI=1S/C13H18N2O2/c14-6-8-17-7-2-4-10-3-1-5-11-12(10)9-15-13(11)16/h1,3,5H,2,4,6-9,14H2,(H,15,16). The lowest BCUT2D eigenvalue weighted by Crippen LogP contribution is -2.12. The van der Waals surface area contributed by atoms with Gasteiger partial charge in [-0.25, -0.2) is 0 Å². The van der Waals surface area contributed by atoms with Gasteiger partial charge in [-0.15, -0.1) is 0 Å². The number of nitrogens with two attached hydrogens (primary N) is 1. The molecule has 4 nitrogen and oxygen atoms in total. The maximum atomic E-state index is 11.5. The first-order chi connectivity index (χ1) is 8.33. The van der Waals surface area contributed by atoms with E-state index in [1.807, 2.05) is 12.1 Å². The molecule has 3 N–H and O–H groups in total. The van der Waals surface area contributed by atoms with Crippen LogP contribution in [0.1, 0.15) is 27.9 Å². The molecule has 4 heteroatoms. The Morgan fingerprint density at radius 3 is 3.06 bits per heavy atom. The zero-order chi connectivity index (χ0) is 12.1. The summed E-state index contributed by atoms with van der Waals surface area (Å²) in [5.74, 6) is 0.0428. The van der Waals surface area contributed by atoms with Crippen LogP contribution in [0.2, 0.25) is 0 Å². The van der Waals surface area contributed by atoms with Crippen molar-refractivity contribution in [2.75, 3.05) is 19.8 Å². The molecule has 92 valence electrons. The predicted molar refractivity (Wildman–Crippen MR) is 65.8 cm³/mol. The third-order valence-corrected chi connectivity index (χ3v) is 2.94. The molecule has 1 aliphatic heterocycles. The maximum absolute atomic E-state index is 11.5. The predicted octanol–water partition coefficient (Wildman–Crippen LogP) is 0.838. The molecule has 0 bridgehead atoms. The summed E-state index contributed by atoms with van der Waals surface area (Å²) in [4.78, 5) is 11.5. The van der Waals surface area contributed by atoms with Crippen LogP contribution >= 0.6 is 0 Å². The van der Waals surface area contributed by atoms with Crippen LogP contribution in [-0.4, -0.2) is 25.7 Å². The van der Waals surface area contributed by atoms with Crippen molar-refractivity contribution in [3.05, 3.63) is 34.9 Å². The summed E-state index contributed by atoms with van der Waals surface area (Å²) in [5.41, 5.74) is 8.56. The number of benzene rings is 1. The zero-order valence-corrected chi connectivity index (χ0v) is 9.87. The average molecular weight is 234 g/mol. The van der Waals surface area contributed by atoms with Gasteiger partial charge in [0, 0.05) is 25.3 Å². The molecule has 1 aromatic carbocycles. The SMILES string of the molecule is NCCOCCCc1cccc2c1CNC2=O. The van der Waals surface area contributed by atoms with Gasteiger partial charge < -0.3 is 15.8 Å². The first kappa shape index (κ1) is 12.1. The van der Waals surface area contributed by atoms with Crippen LogP contribution in [0.3, 0.4) is 0 Å². The van der Waals surface area contributed by atoms with Gasteiger partial charge in [-0.2, -0.15) is 0 Å². The lowest BCUT2D eigenvalue weighted by atomic mass is 10.00. The Morgan fingerprint density at radius 2 is 2.24 bits per heavy atom. The molecule has 0 saturated carbocycles. The number of hydrogen-bond donors (Lipinski definition) is 2. The second-order valence-corrected chi connectivity index (χ2v) is 4.13. The van der Waals surface area contributed by atoms with E-state index in [0.717, 1.165) is 30.6 Å². The third-order valence-electron chi connectivity index (χ3n) is 2.94. The summed E-state index contributed by atoms with van der Waals surface area (Å²) >= 11 is 0. The Kier molecular flexibility index (Phi) is 4.12. The van der Waals surface area contributed by atoms with Crippen molar-refractivity contribution in [1.82, 2.24) is 5.32 Å². The van der Waals surface area contributed by atoms with Gasteiger partial charge in [0.15, 0.2) is 0 Å². The molecular formula is C13H18N2O2. The lowest BCUT2D eigenvalue weighted by Gasteiger charge is -2.07. The van der Waals surface area contributed by atoms with Crippen LogP contribution in [0.4, 0.5) is 0 Å². The van der Waals surface area contributed by atoms with E-state index in [0.29, 0.717) is 19.7 Å². The Morgan fingerprint density at radius 1 is 1.35 bits per heavy atom. The highest BCUT2D eigenvalue weighted by Gasteiger charge is 2.20. The van der Waals surface area contributed by atoms with Gasteiger partial charge in [-0.3, -0.25) is 4.79 Å². The van der Waals surface area contributed by atoms with E-state index in [2.05, 4.69) is 11.4 Å². The summed E-state index contributed by atoms with van der Waals surface area (Å²) in [6.07, 6.45) is 1.91. The Labute approximate surface area is 101 Å². The number of rotatable bonds is 6. The molecule has 0 aromatic heterocycles. The topological polar surface area (TPSA) is 64.3 Å². The number of ether oxygens (including phenoxy) is 1. The molecule has 0 saturated heterocycles. The molecule has 1 amide bonds. The summed E-state index contributed by atoms with van der Waals surface area (Å²) in [6.45, 7) is 2.57. The van der Waals surface area contributed by atoms with Crippen LogP contribution in [0.15, 0.2) is 18.2 Å². The molecule has 2 rings (SSSR count). The van der Waals surface area contributed by atoms with E-state index >= 15 is 0 Å². The molecule has 0 atom stereocenters. The molecule has 0 radical (unpaired) electrons. The lowest BCUT2D eigenvalue weighted by molar-refractivity contribution is 0.0966. The van der Waals surface area contributed by atoms with E-state index in [1.165, 1.54) is 5.56 Å². The second kappa shape index (κ2) is 5.80. The van der Waals surface area contributed by atoms with Crippen LogP contribution < -0.4 is 11.1 Å². The van der Waals surface area contributed by atoms with Gasteiger partial charge in [0.05, 0.1) is 6.61 Å². The third kappa shape index (κ3) is 2.84. The molecular weight excluding hydrogens is 216 g/mol. The van der Waals surface area contributed by atoms with E-state index in [4.69, 9.17) is 10.5 Å². The normalized spacial score (nSPS) is 13.6. The number of carbonyl (C=O) groups excluding carboxylic acids is 1. The number of amides is 1. The van der Waals surface area contributed by atoms with Gasteiger partial charge in [-0.05, 0) is 30.0 Å². The largest absolute Gasteiger partial charge is 0.380 e. The fraction of sp³-hybridized carbons (Fsp3) is 0.462. The van der Waals surface area contributed by atoms with Gasteiger partial charge >= 0.3 is 0 Å². The molecule has 1 heterocycles. The van der Waals surface area contributed by atoms with Crippen molar-refractivity contribution in [1.29, 1.82) is 0 Å². The number of hydrogen-bond acceptors (Lipinski definition) is 3. The molecule has 17 heavy (non-hydrogen) atoms. The minimum absolute atomic E-state index is 0.0428. The van der Waals surface area contributed by atoms with Crippen LogP contribution in [0.5, 0.6) is 0 Å². The van der Waals surface area contributed by atoms with E-state index in [-0.39, 0.29) is 5.91 Å². The first-order valence-corrected chi connectivity index (χ1v) is 5.99. The fourth-order valence-corrected chi connectivity index (χ4v) is 2.10. The van der Waals surface area contributed by atoms with E-state index in [9.17, 15) is 4.79 Å². The number of aryl methyl sites for hydroxylation is 1. The van der Waals surface area contributed by atoms with Crippen LogP contribution in [0, 0.1) is 0 Å². The first-order valence-electron chi connectivity index (χ1n) is 5.99. The molecule has 1 aromatic rings. The molecule has 0 aliphatic carbocycles. The Hall–Kier alpha value is -1.39. The molecule has 0 fully saturated rings. The van der Waals surface area contributed by atoms with Crippen molar-refractivity contribution < 1.29 is 9.53 Å². The molecule has 0 spiro atoms. The summed E-state index contributed by atoms with van der Waals surface area (Å²) in [7, 11) is 0. The van der Waals surface area contributed by atoms with Crippen molar-refractivity contribution in [2.45, 2.75) is 19.4 Å². The van der Waals surface area contributed by atoms with Crippen molar-refractivity contribution >= 4 is 5.91 Å². The van der Waals surface area contributed by atoms with Crippen LogP contribution in [-0.2, 0) is 17.7 Å². The van der Waals surface area contributed by atoms with Gasteiger partial charge in [-0.1, -0.05) is 12.1 Å². The minimum Gasteiger partial charge on any atom is -0.380 e. The van der Waals surface area contributed by atoms with Crippen molar-refractivity contribution in [3.63, 3.8) is 0 Å². The number of carbonyl (C=O) groups is 1. The fourth-order valence-electron chi connectivity index (χ4n) is 2.10. The highest BCUT2D eigenvalue weighted by molar-refractivity contribution is 5.98. The summed E-state index contributed by atoms with van der Waals surface area (Å²) < 4.78 is 5.34. The number of nitrogens with one attached hydrogen (secondary N) is 1. The van der Waals surface area contributed by atoms with Gasteiger partial charge in [0.25, 0.3) is 5.91 Å². The van der Waals surface area contributed by atoms with E-state index in [1.54, 1.807) is 0 Å². The molecule has 1 aliphatic rings. The highest BCUT2D eigenvalue weighted by atomic mass is 16.5. The zero-order valence-electron chi connectivity index (χ0n) is 9.87. The maximum Gasteiger partial charge on any atom is 0.251 e. The number of fused-ring (bicyclic) bond motifs is 1. The highest BCUT2D eigenvalue weighted by Crippen LogP contribution is 2.20. The van der Waals surface area contributed by atoms with Crippen molar-refractivity contribution in [3.8, 4) is 0 Å². The van der Waals surface area contributed by atoms with Gasteiger partial charge in [0.2, 0.25) is 0 Å². The summed E-state index contributed by atoms with van der Waals surface area (Å²) in [6, 6.07) is 5.91. The summed E-state index contributed by atoms with van der Waals surface area (Å²) in [5, 5.41) is 2.85. The van der Waals surface area contributed by atoms with Crippen LogP contribution in [0.25, 0.3) is 0 Å². The quantitative estimate of drug-likeness (QED) is 0.717.